The molecular weight excluding hydrogens is 184 g/mol. The van der Waals surface area contributed by atoms with Crippen molar-refractivity contribution in [1.82, 2.24) is 0 Å². The zero-order chi connectivity index (χ0) is 8.99. The highest BCUT2D eigenvalue weighted by molar-refractivity contribution is 5.36. The SMILES string of the molecule is C.C.CC(C)O.CO.COC=O.[CH3-].[CH3-]. The second-order valence-electron chi connectivity index (χ2n) is 1.43. The third kappa shape index (κ3) is 8080. The molecule has 0 fully saturated rings. The zero-order valence-corrected chi connectivity index (χ0v) is 8.87. The van der Waals surface area contributed by atoms with E-state index in [1.807, 2.05) is 0 Å². The van der Waals surface area contributed by atoms with Crippen LogP contribution in [0.3, 0.4) is 0 Å². The van der Waals surface area contributed by atoms with E-state index in [0.717, 1.165) is 7.11 Å². The van der Waals surface area contributed by atoms with E-state index in [4.69, 9.17) is 15.0 Å². The Hall–Kier alpha value is -0.610. The maximum Gasteiger partial charge on any atom is 0.292 e. The molecule has 0 spiro atoms. The van der Waals surface area contributed by atoms with Gasteiger partial charge in [-0.05, 0) is 13.8 Å². The minimum absolute atomic E-state index is 0. The Bertz CT molecular complexity index is 44.6. The molecule has 4 heteroatoms. The molecule has 0 rings (SSSR count). The van der Waals surface area contributed by atoms with Gasteiger partial charge in [0.15, 0.2) is 0 Å². The van der Waals surface area contributed by atoms with Crippen LogP contribution in [-0.4, -0.2) is 37.0 Å². The molecule has 0 amide bonds. The first-order valence-corrected chi connectivity index (χ1v) is 2.74. The van der Waals surface area contributed by atoms with Crippen LogP contribution < -0.4 is 0 Å². The van der Waals surface area contributed by atoms with Gasteiger partial charge in [0.2, 0.25) is 0 Å². The Labute approximate surface area is 90.9 Å². The molecule has 0 radical (unpaired) electrons. The highest BCUT2D eigenvalue weighted by Gasteiger charge is 1.69. The Kier molecular flexibility index (Phi) is 300. The highest BCUT2D eigenvalue weighted by Crippen LogP contribution is 1.65. The average Bonchev–Trinajstić information content (AvgIpc) is 1.91. The molecule has 0 aliphatic heterocycles. The summed E-state index contributed by atoms with van der Waals surface area (Å²) in [6, 6.07) is 0. The van der Waals surface area contributed by atoms with Crippen molar-refractivity contribution >= 4 is 6.47 Å². The second-order valence-corrected chi connectivity index (χ2v) is 1.43. The molecule has 0 aliphatic rings. The number of aliphatic hydroxyl groups is 2. The summed E-state index contributed by atoms with van der Waals surface area (Å²) in [4.78, 5) is 8.95. The van der Waals surface area contributed by atoms with Crippen molar-refractivity contribution in [3.63, 3.8) is 0 Å². The first-order chi connectivity index (χ1) is 4.65. The van der Waals surface area contributed by atoms with Gasteiger partial charge in [0, 0.05) is 13.2 Å². The quantitative estimate of drug-likeness (QED) is 0.517. The summed E-state index contributed by atoms with van der Waals surface area (Å²) >= 11 is 0. The van der Waals surface area contributed by atoms with Crippen LogP contribution in [0.5, 0.6) is 0 Å². The normalized spacial score (nSPS) is 4.50. The smallest absolute Gasteiger partial charge is 0.292 e. The summed E-state index contributed by atoms with van der Waals surface area (Å²) in [5.41, 5.74) is 0. The highest BCUT2D eigenvalue weighted by atomic mass is 16.5. The van der Waals surface area contributed by atoms with Gasteiger partial charge in [0.25, 0.3) is 6.47 Å². The number of hydrogen-bond donors (Lipinski definition) is 2. The standard InChI is InChI=1S/C3H8O.C2H4O2.CH4O.2CH4.2CH3/c1-3(2)4;1-4-2-3;1-2;;;;/h3-4H,1-2H3;2H,1H3;2H,1H3;2*1H4;2*1H3/q;;;;;2*-1. The van der Waals surface area contributed by atoms with Crippen LogP contribution in [0.15, 0.2) is 0 Å². The summed E-state index contributed by atoms with van der Waals surface area (Å²) in [6.07, 6.45) is -0.167. The molecule has 0 aliphatic carbocycles. The topological polar surface area (TPSA) is 66.8 Å². The van der Waals surface area contributed by atoms with Crippen LogP contribution in [0.25, 0.3) is 0 Å². The number of hydrogen-bond acceptors (Lipinski definition) is 4. The van der Waals surface area contributed by atoms with E-state index in [9.17, 15) is 0 Å². The number of rotatable bonds is 1. The van der Waals surface area contributed by atoms with E-state index in [0.29, 0.717) is 6.47 Å². The Morgan fingerprint density at radius 2 is 1.21 bits per heavy atom. The second kappa shape index (κ2) is 83.4. The minimum atomic E-state index is -0.167. The van der Waals surface area contributed by atoms with E-state index < -0.39 is 0 Å². The molecule has 14 heavy (non-hydrogen) atoms. The molecule has 0 unspecified atom stereocenters. The van der Waals surface area contributed by atoms with Gasteiger partial charge in [-0.3, -0.25) is 4.79 Å². The number of methoxy groups -OCH3 is 1. The molecule has 0 saturated heterocycles. The van der Waals surface area contributed by atoms with E-state index in [-0.39, 0.29) is 35.8 Å². The molecule has 4 nitrogen and oxygen atoms in total. The molecule has 0 bridgehead atoms. The first kappa shape index (κ1) is 50.3. The van der Waals surface area contributed by atoms with Crippen LogP contribution in [0.2, 0.25) is 0 Å². The lowest BCUT2D eigenvalue weighted by atomic mass is 10.5. The Balaban J connectivity index is -0.00000000957. The first-order valence-electron chi connectivity index (χ1n) is 2.74. The maximum atomic E-state index is 8.95. The Morgan fingerprint density at radius 1 is 1.14 bits per heavy atom. The van der Waals surface area contributed by atoms with Gasteiger partial charge in [0.1, 0.15) is 0 Å². The lowest BCUT2D eigenvalue weighted by Gasteiger charge is -1.80. The predicted molar refractivity (Wildman–Crippen MR) is 64.9 cm³/mol. The van der Waals surface area contributed by atoms with Crippen LogP contribution in [-0.2, 0) is 9.53 Å². The summed E-state index contributed by atoms with van der Waals surface area (Å²) < 4.78 is 3.86. The summed E-state index contributed by atoms with van der Waals surface area (Å²) in [5.74, 6) is 0. The molecule has 0 aromatic rings. The average molecular weight is 214 g/mol. The Morgan fingerprint density at radius 3 is 1.21 bits per heavy atom. The van der Waals surface area contributed by atoms with Crippen molar-refractivity contribution in [3.05, 3.63) is 14.9 Å². The summed E-state index contributed by atoms with van der Waals surface area (Å²) in [5, 5.41) is 15.1. The molecule has 0 aromatic carbocycles. The molecule has 0 aromatic heterocycles. The summed E-state index contributed by atoms with van der Waals surface area (Å²) in [7, 11) is 2.31. The van der Waals surface area contributed by atoms with E-state index in [1.165, 1.54) is 7.11 Å². The van der Waals surface area contributed by atoms with E-state index in [2.05, 4.69) is 4.74 Å². The summed E-state index contributed by atoms with van der Waals surface area (Å²) in [6.45, 7) is 3.82. The largest absolute Gasteiger partial charge is 0.471 e. The van der Waals surface area contributed by atoms with Gasteiger partial charge in [-0.15, -0.1) is 0 Å². The van der Waals surface area contributed by atoms with Crippen molar-refractivity contribution in [3.8, 4) is 0 Å². The van der Waals surface area contributed by atoms with Crippen molar-refractivity contribution < 1.29 is 19.7 Å². The monoisotopic (exact) mass is 214 g/mol. The van der Waals surface area contributed by atoms with Gasteiger partial charge in [-0.1, -0.05) is 14.9 Å². The number of carbonyl (C=O) groups is 1. The molecule has 2 N–H and O–H groups in total. The zero-order valence-electron chi connectivity index (χ0n) is 8.87. The lowest BCUT2D eigenvalue weighted by Crippen LogP contribution is -1.85. The third-order valence-electron chi connectivity index (χ3n) is 0.0962. The van der Waals surface area contributed by atoms with Gasteiger partial charge >= 0.3 is 0 Å². The van der Waals surface area contributed by atoms with Crippen LogP contribution in [0.1, 0.15) is 28.7 Å². The van der Waals surface area contributed by atoms with Crippen molar-refractivity contribution in [2.75, 3.05) is 14.2 Å². The fourth-order valence-corrected chi connectivity index (χ4v) is 0. The predicted octanol–water partition coefficient (Wildman–Crippen LogP) is 1.96. The lowest BCUT2D eigenvalue weighted by molar-refractivity contribution is -0.126. The van der Waals surface area contributed by atoms with Crippen LogP contribution in [0, 0.1) is 14.9 Å². The van der Waals surface area contributed by atoms with E-state index in [1.54, 1.807) is 13.8 Å². The van der Waals surface area contributed by atoms with Crippen LogP contribution >= 0.6 is 0 Å². The van der Waals surface area contributed by atoms with Gasteiger partial charge in [-0.2, -0.15) is 0 Å². The molecule has 0 heterocycles. The fraction of sp³-hybridized carbons (Fsp3) is 0.700. The number of aliphatic hydroxyl groups excluding tert-OH is 2. The van der Waals surface area contributed by atoms with Crippen molar-refractivity contribution in [2.45, 2.75) is 34.8 Å². The van der Waals surface area contributed by atoms with Crippen molar-refractivity contribution in [2.24, 2.45) is 0 Å². The van der Waals surface area contributed by atoms with E-state index >= 15 is 0 Å². The minimum Gasteiger partial charge on any atom is -0.471 e. The molecule has 0 saturated carbocycles. The molecule has 0 atom stereocenters. The van der Waals surface area contributed by atoms with Gasteiger partial charge < -0.3 is 29.8 Å². The number of ether oxygens (including phenoxy) is 1. The third-order valence-corrected chi connectivity index (χ3v) is 0.0962. The fourth-order valence-electron chi connectivity index (χ4n) is 0. The number of carbonyl (C=O) groups excluding carboxylic acids is 1. The molecule has 96 valence electrons. The van der Waals surface area contributed by atoms with Crippen LogP contribution in [0.4, 0.5) is 0 Å². The van der Waals surface area contributed by atoms with Gasteiger partial charge in [-0.25, -0.2) is 0 Å². The van der Waals surface area contributed by atoms with Crippen molar-refractivity contribution in [1.29, 1.82) is 0 Å². The molecular formula is C10H30O4-2. The maximum absolute atomic E-state index is 8.95. The van der Waals surface area contributed by atoms with Gasteiger partial charge in [0.05, 0.1) is 7.11 Å².